The van der Waals surface area contributed by atoms with Gasteiger partial charge in [0.05, 0.1) is 12.5 Å². The van der Waals surface area contributed by atoms with E-state index in [1.807, 2.05) is 0 Å². The van der Waals surface area contributed by atoms with Crippen molar-refractivity contribution in [3.8, 4) is 0 Å². The third kappa shape index (κ3) is 8.33. The van der Waals surface area contributed by atoms with Gasteiger partial charge in [0, 0.05) is 12.8 Å². The van der Waals surface area contributed by atoms with Crippen molar-refractivity contribution >= 4 is 23.6 Å². The predicted octanol–water partition coefficient (Wildman–Crippen LogP) is 1.83. The van der Waals surface area contributed by atoms with Gasteiger partial charge in [-0.15, -0.1) is 0 Å². The van der Waals surface area contributed by atoms with Crippen LogP contribution in [0, 0.1) is 0 Å². The van der Waals surface area contributed by atoms with Crippen LogP contribution in [0.15, 0.2) is 45.6 Å². The summed E-state index contributed by atoms with van der Waals surface area (Å²) in [5.41, 5.74) is 9.21. The maximum Gasteiger partial charge on any atom is 0.305 e. The van der Waals surface area contributed by atoms with E-state index in [9.17, 15) is 19.2 Å². The zero-order valence-electron chi connectivity index (χ0n) is 15.9. The van der Waals surface area contributed by atoms with Gasteiger partial charge < -0.3 is 8.83 Å². The highest BCUT2D eigenvalue weighted by Crippen LogP contribution is 2.07. The summed E-state index contributed by atoms with van der Waals surface area (Å²) < 4.78 is 9.82. The molecule has 4 N–H and O–H groups in total. The lowest BCUT2D eigenvalue weighted by Crippen LogP contribution is -2.41. The fourth-order valence-electron chi connectivity index (χ4n) is 2.42. The zero-order chi connectivity index (χ0) is 20.9. The van der Waals surface area contributed by atoms with E-state index in [1.54, 1.807) is 12.1 Å². The molecule has 156 valence electrons. The Hall–Kier alpha value is -3.56. The Bertz CT molecular complexity index is 719. The molecule has 0 aromatic carbocycles. The average Bonchev–Trinajstić information content (AvgIpc) is 3.43. The second-order valence-electron chi connectivity index (χ2n) is 6.23. The topological polar surface area (TPSA) is 143 Å². The summed E-state index contributed by atoms with van der Waals surface area (Å²) in [7, 11) is 0. The zero-order valence-corrected chi connectivity index (χ0v) is 15.9. The number of hydrogen-bond donors (Lipinski definition) is 4. The van der Waals surface area contributed by atoms with Gasteiger partial charge in [-0.2, -0.15) is 0 Å². The summed E-state index contributed by atoms with van der Waals surface area (Å²) >= 11 is 0. The molecule has 10 nitrogen and oxygen atoms in total. The molecule has 0 atom stereocenters. The maximum atomic E-state index is 11.7. The van der Waals surface area contributed by atoms with Crippen LogP contribution in [0.1, 0.15) is 66.1 Å². The maximum absolute atomic E-state index is 11.7. The van der Waals surface area contributed by atoms with Crippen LogP contribution in [-0.4, -0.2) is 23.6 Å². The molecule has 0 unspecified atom stereocenters. The number of hydrogen-bond acceptors (Lipinski definition) is 6. The lowest BCUT2D eigenvalue weighted by Gasteiger charge is -2.06. The highest BCUT2D eigenvalue weighted by atomic mass is 16.3. The minimum Gasteiger partial charge on any atom is -0.459 e. The first-order valence-corrected chi connectivity index (χ1v) is 9.31. The largest absolute Gasteiger partial charge is 0.459 e. The normalized spacial score (nSPS) is 10.2. The van der Waals surface area contributed by atoms with E-state index in [0.29, 0.717) is 12.8 Å². The van der Waals surface area contributed by atoms with E-state index in [0.717, 1.165) is 19.3 Å². The first kappa shape index (κ1) is 21.7. The van der Waals surface area contributed by atoms with Gasteiger partial charge in [0.15, 0.2) is 11.5 Å². The number of hydrazine groups is 2. The van der Waals surface area contributed by atoms with Crippen LogP contribution in [0.5, 0.6) is 0 Å². The average molecular weight is 404 g/mol. The Morgan fingerprint density at radius 2 is 1.03 bits per heavy atom. The first-order chi connectivity index (χ1) is 14.1. The Morgan fingerprint density at radius 1 is 0.621 bits per heavy atom. The molecular weight excluding hydrogens is 380 g/mol. The molecule has 4 amide bonds. The highest BCUT2D eigenvalue weighted by Gasteiger charge is 2.10. The van der Waals surface area contributed by atoms with E-state index in [-0.39, 0.29) is 36.2 Å². The fourth-order valence-corrected chi connectivity index (χ4v) is 2.42. The van der Waals surface area contributed by atoms with Gasteiger partial charge in [0.2, 0.25) is 11.8 Å². The van der Waals surface area contributed by atoms with Crippen LogP contribution < -0.4 is 21.7 Å². The summed E-state index contributed by atoms with van der Waals surface area (Å²) in [6.45, 7) is 0. The third-order valence-corrected chi connectivity index (χ3v) is 3.93. The van der Waals surface area contributed by atoms with E-state index in [2.05, 4.69) is 21.7 Å². The molecule has 2 heterocycles. The van der Waals surface area contributed by atoms with Crippen molar-refractivity contribution in [2.24, 2.45) is 0 Å². The number of carbonyl (C=O) groups excluding carboxylic acids is 4. The molecule has 0 radical (unpaired) electrons. The molecule has 0 spiro atoms. The summed E-state index contributed by atoms with van der Waals surface area (Å²) in [6.07, 6.45) is 7.21. The second-order valence-corrected chi connectivity index (χ2v) is 6.23. The van der Waals surface area contributed by atoms with Crippen LogP contribution in [0.4, 0.5) is 0 Å². The number of nitrogens with one attached hydrogen (secondary N) is 4. The summed E-state index contributed by atoms with van der Waals surface area (Å²) in [5.74, 6) is -1.35. The Labute approximate surface area is 167 Å². The van der Waals surface area contributed by atoms with Gasteiger partial charge in [-0.25, -0.2) is 0 Å². The molecule has 0 aliphatic rings. The van der Waals surface area contributed by atoms with Gasteiger partial charge in [-0.05, 0) is 37.1 Å². The predicted molar refractivity (Wildman–Crippen MR) is 101 cm³/mol. The molecule has 10 heteroatoms. The number of amides is 4. The van der Waals surface area contributed by atoms with Crippen LogP contribution in [-0.2, 0) is 9.59 Å². The van der Waals surface area contributed by atoms with E-state index >= 15 is 0 Å². The summed E-state index contributed by atoms with van der Waals surface area (Å²) in [6, 6.07) is 6.15. The number of carbonyl (C=O) groups is 4. The molecule has 0 aliphatic carbocycles. The number of rotatable bonds is 10. The molecule has 2 aromatic heterocycles. The molecule has 0 saturated carbocycles. The fraction of sp³-hybridized carbons (Fsp3) is 0.368. The third-order valence-electron chi connectivity index (χ3n) is 3.93. The van der Waals surface area contributed by atoms with Crippen molar-refractivity contribution in [2.45, 2.75) is 44.9 Å². The van der Waals surface area contributed by atoms with Gasteiger partial charge in [-0.1, -0.05) is 19.3 Å². The second kappa shape index (κ2) is 12.0. The van der Waals surface area contributed by atoms with Crippen molar-refractivity contribution in [1.82, 2.24) is 21.7 Å². The van der Waals surface area contributed by atoms with Crippen molar-refractivity contribution in [3.63, 3.8) is 0 Å². The molecule has 0 aliphatic heterocycles. The Kier molecular flexibility index (Phi) is 9.00. The molecule has 0 bridgehead atoms. The van der Waals surface area contributed by atoms with E-state index in [4.69, 9.17) is 8.83 Å². The molecule has 2 aromatic rings. The lowest BCUT2D eigenvalue weighted by molar-refractivity contribution is -0.122. The summed E-state index contributed by atoms with van der Waals surface area (Å²) in [5, 5.41) is 0. The van der Waals surface area contributed by atoms with Crippen molar-refractivity contribution in [1.29, 1.82) is 0 Å². The molecule has 0 fully saturated rings. The van der Waals surface area contributed by atoms with Gasteiger partial charge in [0.25, 0.3) is 0 Å². The standard InChI is InChI=1S/C19H24N4O6/c24-16(20-22-18(26)14-8-6-12-28-14)10-4-2-1-3-5-11-17(25)21-23-19(27)15-9-7-13-29-15/h6-9,12-13H,1-5,10-11H2,(H,20,24)(H,21,25)(H,22,26)(H,23,27). The Balaban J connectivity index is 1.42. The lowest BCUT2D eigenvalue weighted by atomic mass is 10.1. The van der Waals surface area contributed by atoms with Crippen LogP contribution in [0.25, 0.3) is 0 Å². The molecule has 0 saturated heterocycles. The smallest absolute Gasteiger partial charge is 0.305 e. The minimum absolute atomic E-state index is 0.120. The van der Waals surface area contributed by atoms with E-state index < -0.39 is 11.8 Å². The van der Waals surface area contributed by atoms with Crippen LogP contribution >= 0.6 is 0 Å². The van der Waals surface area contributed by atoms with Crippen LogP contribution in [0.3, 0.4) is 0 Å². The van der Waals surface area contributed by atoms with Gasteiger partial charge in [-0.3, -0.25) is 40.9 Å². The molecular formula is C19H24N4O6. The number of furan rings is 2. The first-order valence-electron chi connectivity index (χ1n) is 9.31. The van der Waals surface area contributed by atoms with Crippen LogP contribution in [0.2, 0.25) is 0 Å². The van der Waals surface area contributed by atoms with Crippen molar-refractivity contribution < 1.29 is 28.0 Å². The minimum atomic E-state index is -0.512. The van der Waals surface area contributed by atoms with E-state index in [1.165, 1.54) is 24.7 Å². The SMILES string of the molecule is O=C(CCCCCCCC(=O)NNC(=O)c1ccco1)NNC(=O)c1ccco1. The Morgan fingerprint density at radius 3 is 1.41 bits per heavy atom. The number of unbranched alkanes of at least 4 members (excludes halogenated alkanes) is 4. The van der Waals surface area contributed by atoms with Gasteiger partial charge >= 0.3 is 11.8 Å². The molecule has 29 heavy (non-hydrogen) atoms. The monoisotopic (exact) mass is 404 g/mol. The van der Waals surface area contributed by atoms with Gasteiger partial charge in [0.1, 0.15) is 0 Å². The van der Waals surface area contributed by atoms with Crippen molar-refractivity contribution in [2.75, 3.05) is 0 Å². The quantitative estimate of drug-likeness (QED) is 0.351. The highest BCUT2D eigenvalue weighted by molar-refractivity contribution is 5.93. The van der Waals surface area contributed by atoms with Crippen molar-refractivity contribution in [3.05, 3.63) is 48.3 Å². The molecule has 2 rings (SSSR count). The summed E-state index contributed by atoms with van der Waals surface area (Å²) in [4.78, 5) is 46.5.